The lowest BCUT2D eigenvalue weighted by molar-refractivity contribution is -0.597. The van der Waals surface area contributed by atoms with Crippen molar-refractivity contribution in [3.63, 3.8) is 0 Å². The van der Waals surface area contributed by atoms with Crippen LogP contribution in [0.25, 0.3) is 0 Å². The molecule has 0 aromatic heterocycles. The third-order valence-electron chi connectivity index (χ3n) is 2.67. The van der Waals surface area contributed by atoms with Gasteiger partial charge in [-0.05, 0) is 48.5 Å². The van der Waals surface area contributed by atoms with Crippen LogP contribution in [0.1, 0.15) is 0 Å². The second-order valence-electron chi connectivity index (χ2n) is 4.52. The maximum atomic E-state index is 12.8. The summed E-state index contributed by atoms with van der Waals surface area (Å²) in [5.41, 5.74) is -5.74. The molecule has 12 heteroatoms. The number of alkyl halides is 3. The molecule has 0 radical (unpaired) electrons. The third-order valence-corrected chi connectivity index (χ3v) is 8.61. The SMILES string of the molecule is O=S(=O)(NS(=O)(=O)C(F)(F)F)c1ccc([I+]c2ccc(F)cc2)cc1. The topological polar surface area (TPSA) is 80.3 Å². The van der Waals surface area contributed by atoms with Crippen LogP contribution in [0.2, 0.25) is 0 Å². The summed E-state index contributed by atoms with van der Waals surface area (Å²) in [6.45, 7) is 0. The maximum Gasteiger partial charge on any atom is 0.512 e. The van der Waals surface area contributed by atoms with Gasteiger partial charge in [-0.3, -0.25) is 0 Å². The molecule has 0 bridgehead atoms. The van der Waals surface area contributed by atoms with E-state index in [1.54, 1.807) is 12.1 Å². The van der Waals surface area contributed by atoms with E-state index in [1.165, 1.54) is 24.3 Å². The van der Waals surface area contributed by atoms with E-state index in [9.17, 15) is 34.4 Å². The molecule has 0 aliphatic carbocycles. The van der Waals surface area contributed by atoms with Crippen LogP contribution in [0, 0.1) is 13.0 Å². The predicted molar refractivity (Wildman–Crippen MR) is 75.5 cm³/mol. The summed E-state index contributed by atoms with van der Waals surface area (Å²) in [5, 5.41) is 0. The smallest absolute Gasteiger partial charge is 0.207 e. The van der Waals surface area contributed by atoms with Gasteiger partial charge in [0.15, 0.2) is 7.14 Å². The Hall–Kier alpha value is -1.25. The molecule has 2 rings (SSSR count). The van der Waals surface area contributed by atoms with Crippen LogP contribution in [0.15, 0.2) is 53.4 Å². The Morgan fingerprint density at radius 3 is 1.68 bits per heavy atom. The Morgan fingerprint density at radius 1 is 0.800 bits per heavy atom. The molecule has 0 unspecified atom stereocenters. The second-order valence-corrected chi connectivity index (χ2v) is 11.2. The van der Waals surface area contributed by atoms with Gasteiger partial charge in [0, 0.05) is 0 Å². The van der Waals surface area contributed by atoms with Crippen molar-refractivity contribution in [1.82, 2.24) is 4.13 Å². The van der Waals surface area contributed by atoms with Crippen LogP contribution < -0.4 is 25.3 Å². The Balaban J connectivity index is 2.20. The van der Waals surface area contributed by atoms with E-state index in [2.05, 4.69) is 0 Å². The number of rotatable bonds is 5. The number of sulfonamides is 2. The van der Waals surface area contributed by atoms with Gasteiger partial charge in [0.25, 0.3) is 10.0 Å². The molecule has 1 N–H and O–H groups in total. The van der Waals surface area contributed by atoms with Gasteiger partial charge in [-0.25, -0.2) is 21.2 Å². The minimum absolute atomic E-state index is 0.397. The van der Waals surface area contributed by atoms with Crippen molar-refractivity contribution in [3.8, 4) is 0 Å². The first-order valence-electron chi connectivity index (χ1n) is 6.26. The molecule has 2 aromatic rings. The molecule has 0 spiro atoms. The molecule has 0 fully saturated rings. The van der Waals surface area contributed by atoms with Crippen molar-refractivity contribution in [2.45, 2.75) is 10.4 Å². The molecule has 0 aliphatic heterocycles. The normalized spacial score (nSPS) is 13.0. The molecule has 5 nitrogen and oxygen atoms in total. The molecular weight excluding hydrogens is 501 g/mol. The summed E-state index contributed by atoms with van der Waals surface area (Å²) in [7, 11) is -10.9. The number of halogens is 5. The van der Waals surface area contributed by atoms with Crippen LogP contribution >= 0.6 is 0 Å². The molecule has 136 valence electrons. The lowest BCUT2D eigenvalue weighted by Gasteiger charge is -2.09. The van der Waals surface area contributed by atoms with E-state index >= 15 is 0 Å². The lowest BCUT2D eigenvalue weighted by atomic mass is 10.4. The number of hydrogen-bond acceptors (Lipinski definition) is 4. The quantitative estimate of drug-likeness (QED) is 0.417. The van der Waals surface area contributed by atoms with Gasteiger partial charge >= 0.3 is 36.7 Å². The molecule has 0 saturated carbocycles. The second kappa shape index (κ2) is 7.17. The first-order chi connectivity index (χ1) is 11.4. The molecule has 0 aliphatic rings. The Bertz CT molecular complexity index is 957. The minimum atomic E-state index is -6.03. The monoisotopic (exact) mass is 510 g/mol. The van der Waals surface area contributed by atoms with Gasteiger partial charge in [0.2, 0.25) is 0 Å². The van der Waals surface area contributed by atoms with Crippen LogP contribution in [0.4, 0.5) is 17.6 Å². The molecular formula is C13H9F4INO4S2+. The van der Waals surface area contributed by atoms with Gasteiger partial charge in [-0.1, -0.05) is 4.13 Å². The fourth-order valence-electron chi connectivity index (χ4n) is 1.54. The summed E-state index contributed by atoms with van der Waals surface area (Å²) in [6, 6.07) is 10.4. The largest absolute Gasteiger partial charge is 0.512 e. The van der Waals surface area contributed by atoms with E-state index in [0.717, 1.165) is 15.7 Å². The Labute approximate surface area is 151 Å². The highest BCUT2D eigenvalue weighted by Crippen LogP contribution is 2.23. The first kappa shape index (κ1) is 20.1. The van der Waals surface area contributed by atoms with E-state index in [1.807, 2.05) is 0 Å². The van der Waals surface area contributed by atoms with Crippen molar-refractivity contribution in [2.24, 2.45) is 0 Å². The lowest BCUT2D eigenvalue weighted by Crippen LogP contribution is -3.61. The molecule has 0 saturated heterocycles. The van der Waals surface area contributed by atoms with E-state index in [4.69, 9.17) is 0 Å². The number of hydrogen-bond donors (Lipinski definition) is 1. The van der Waals surface area contributed by atoms with Gasteiger partial charge in [-0.2, -0.15) is 13.2 Å². The average Bonchev–Trinajstić information content (AvgIpc) is 2.48. The molecule has 0 atom stereocenters. The van der Waals surface area contributed by atoms with Gasteiger partial charge < -0.3 is 0 Å². The van der Waals surface area contributed by atoms with E-state index in [-0.39, 0.29) is 0 Å². The Morgan fingerprint density at radius 2 is 1.24 bits per heavy atom. The standard InChI is InChI=1S/C13H9F4INO4S2/c14-9-1-3-10(4-2-9)18-11-5-7-12(8-6-11)24(20,21)19-25(22,23)13(15,16)17/h1-8,19H/q+1. The van der Waals surface area contributed by atoms with Crippen LogP contribution in [0.5, 0.6) is 0 Å². The zero-order valence-electron chi connectivity index (χ0n) is 12.0. The van der Waals surface area contributed by atoms with Gasteiger partial charge in [-0.15, -0.1) is 0 Å². The number of nitrogens with one attached hydrogen (secondary N) is 1. The summed E-state index contributed by atoms with van der Waals surface area (Å²) >= 11 is -0.760. The highest BCUT2D eigenvalue weighted by molar-refractivity contribution is 8.05. The summed E-state index contributed by atoms with van der Waals surface area (Å²) in [5.74, 6) is -0.397. The van der Waals surface area contributed by atoms with Crippen molar-refractivity contribution in [1.29, 1.82) is 0 Å². The van der Waals surface area contributed by atoms with Crippen LogP contribution in [-0.4, -0.2) is 22.3 Å². The fourth-order valence-corrected chi connectivity index (χ4v) is 6.11. The highest BCUT2D eigenvalue weighted by Gasteiger charge is 2.48. The zero-order chi connectivity index (χ0) is 18.9. The third kappa shape index (κ3) is 5.12. The molecule has 2 aromatic carbocycles. The van der Waals surface area contributed by atoms with Crippen molar-refractivity contribution < 1.29 is 55.6 Å². The molecule has 0 amide bonds. The van der Waals surface area contributed by atoms with Gasteiger partial charge in [0.1, 0.15) is 5.82 Å². The first-order valence-corrected chi connectivity index (χ1v) is 11.4. The van der Waals surface area contributed by atoms with Crippen molar-refractivity contribution >= 4 is 20.0 Å². The fraction of sp³-hybridized carbons (Fsp3) is 0.0769. The van der Waals surface area contributed by atoms with Crippen LogP contribution in [-0.2, 0) is 20.0 Å². The minimum Gasteiger partial charge on any atom is -0.207 e. The van der Waals surface area contributed by atoms with Crippen molar-refractivity contribution in [2.75, 3.05) is 0 Å². The molecule has 25 heavy (non-hydrogen) atoms. The summed E-state index contributed by atoms with van der Waals surface area (Å²) < 4.78 is 97.3. The molecule has 0 heterocycles. The summed E-state index contributed by atoms with van der Waals surface area (Å²) in [6.07, 6.45) is 0. The Kier molecular flexibility index (Phi) is 5.75. The van der Waals surface area contributed by atoms with E-state index in [0.29, 0.717) is 7.70 Å². The van der Waals surface area contributed by atoms with Crippen LogP contribution in [0.3, 0.4) is 0 Å². The highest BCUT2D eigenvalue weighted by atomic mass is 127. The maximum absolute atomic E-state index is 12.8. The predicted octanol–water partition coefficient (Wildman–Crippen LogP) is -0.918. The zero-order valence-corrected chi connectivity index (χ0v) is 15.7. The summed E-state index contributed by atoms with van der Waals surface area (Å²) in [4.78, 5) is -0.618. The van der Waals surface area contributed by atoms with E-state index < -0.39 is 57.5 Å². The van der Waals surface area contributed by atoms with Gasteiger partial charge in [0.05, 0.1) is 4.90 Å². The average molecular weight is 510 g/mol. The van der Waals surface area contributed by atoms with Crippen molar-refractivity contribution in [3.05, 3.63) is 61.5 Å². The number of benzene rings is 2.